The van der Waals surface area contributed by atoms with E-state index in [1.54, 1.807) is 0 Å². The van der Waals surface area contributed by atoms with Crippen LogP contribution in [0.3, 0.4) is 0 Å². The Labute approximate surface area is 119 Å². The monoisotopic (exact) mass is 262 g/mol. The molecular weight excluding hydrogens is 244 g/mol. The molecule has 0 bridgehead atoms. The summed E-state index contributed by atoms with van der Waals surface area (Å²) in [6.45, 7) is 4.24. The van der Waals surface area contributed by atoms with E-state index >= 15 is 0 Å². The Balaban J connectivity index is 2.07. The van der Waals surface area contributed by atoms with Gasteiger partial charge in [0, 0.05) is 10.8 Å². The van der Waals surface area contributed by atoms with E-state index in [-0.39, 0.29) is 0 Å². The highest BCUT2D eigenvalue weighted by atomic mass is 16.3. The number of hydrogen-bond donors (Lipinski definition) is 0. The summed E-state index contributed by atoms with van der Waals surface area (Å²) in [7, 11) is 0. The number of hydrogen-bond acceptors (Lipinski definition) is 1. The van der Waals surface area contributed by atoms with E-state index in [0.717, 1.165) is 11.2 Å². The molecule has 100 valence electrons. The van der Waals surface area contributed by atoms with Crippen molar-refractivity contribution in [3.05, 3.63) is 72.3 Å². The van der Waals surface area contributed by atoms with E-state index in [1.165, 1.54) is 16.3 Å². The second-order valence-electron chi connectivity index (χ2n) is 5.05. The van der Waals surface area contributed by atoms with Crippen LogP contribution in [-0.2, 0) is 0 Å². The number of rotatable bonds is 3. The summed E-state index contributed by atoms with van der Waals surface area (Å²) in [4.78, 5) is 0. The van der Waals surface area contributed by atoms with Gasteiger partial charge in [0.05, 0.1) is 0 Å². The maximum Gasteiger partial charge on any atom is 0.135 e. The van der Waals surface area contributed by atoms with Crippen LogP contribution in [0, 0.1) is 0 Å². The molecule has 1 unspecified atom stereocenters. The third kappa shape index (κ3) is 2.27. The lowest BCUT2D eigenvalue weighted by atomic mass is 9.98. The normalized spacial score (nSPS) is 13.9. The predicted octanol–water partition coefficient (Wildman–Crippen LogP) is 5.82. The zero-order chi connectivity index (χ0) is 13.9. The third-order valence-electron chi connectivity index (χ3n) is 3.63. The Kier molecular flexibility index (Phi) is 3.42. The Morgan fingerprint density at radius 3 is 2.60 bits per heavy atom. The molecule has 3 rings (SSSR count). The fraction of sp³-hybridized carbons (Fsp3) is 0.158. The second-order valence-corrected chi connectivity index (χ2v) is 5.05. The van der Waals surface area contributed by atoms with Crippen LogP contribution in [0.2, 0.25) is 0 Å². The number of benzene rings is 2. The summed E-state index contributed by atoms with van der Waals surface area (Å²) < 4.78 is 5.86. The van der Waals surface area contributed by atoms with Crippen molar-refractivity contribution in [1.29, 1.82) is 0 Å². The van der Waals surface area contributed by atoms with Gasteiger partial charge >= 0.3 is 0 Å². The van der Waals surface area contributed by atoms with Crippen LogP contribution < -0.4 is 0 Å². The van der Waals surface area contributed by atoms with Gasteiger partial charge in [0.2, 0.25) is 0 Å². The number of furan rings is 1. The summed E-state index contributed by atoms with van der Waals surface area (Å²) in [5.41, 5.74) is 3.22. The van der Waals surface area contributed by atoms with Crippen molar-refractivity contribution in [3.8, 4) is 0 Å². The number of allylic oxidation sites excluding steroid dienone is 4. The molecular formula is C19H18O. The van der Waals surface area contributed by atoms with Crippen molar-refractivity contribution in [2.24, 2.45) is 0 Å². The first-order valence-corrected chi connectivity index (χ1v) is 7.00. The quantitative estimate of drug-likeness (QED) is 0.542. The van der Waals surface area contributed by atoms with E-state index in [4.69, 9.17) is 4.42 Å². The molecule has 0 saturated heterocycles. The van der Waals surface area contributed by atoms with Gasteiger partial charge < -0.3 is 4.42 Å². The Hall–Kier alpha value is -2.28. The minimum absolute atomic E-state index is 0.393. The molecule has 1 heteroatoms. The van der Waals surface area contributed by atoms with Crippen LogP contribution in [-0.4, -0.2) is 0 Å². The zero-order valence-electron chi connectivity index (χ0n) is 11.8. The third-order valence-corrected chi connectivity index (χ3v) is 3.63. The molecule has 0 aliphatic carbocycles. The average molecular weight is 262 g/mol. The van der Waals surface area contributed by atoms with Gasteiger partial charge in [-0.3, -0.25) is 0 Å². The van der Waals surface area contributed by atoms with Crippen molar-refractivity contribution in [3.63, 3.8) is 0 Å². The van der Waals surface area contributed by atoms with Crippen molar-refractivity contribution >= 4 is 21.9 Å². The van der Waals surface area contributed by atoms with E-state index in [1.807, 2.05) is 25.1 Å². The Bertz CT molecular complexity index is 790. The fourth-order valence-electron chi connectivity index (χ4n) is 2.48. The Morgan fingerprint density at radius 2 is 1.75 bits per heavy atom. The molecule has 2 aromatic carbocycles. The summed E-state index contributed by atoms with van der Waals surface area (Å²) in [6.07, 6.45) is 8.41. The van der Waals surface area contributed by atoms with Crippen molar-refractivity contribution in [2.75, 3.05) is 0 Å². The molecule has 0 aliphatic heterocycles. The van der Waals surface area contributed by atoms with Crippen LogP contribution >= 0.6 is 0 Å². The number of fused-ring (bicyclic) bond motifs is 3. The maximum atomic E-state index is 5.86. The van der Waals surface area contributed by atoms with E-state index < -0.39 is 0 Å². The topological polar surface area (TPSA) is 13.1 Å². The van der Waals surface area contributed by atoms with Gasteiger partial charge in [0.25, 0.3) is 0 Å². The first kappa shape index (κ1) is 12.7. The van der Waals surface area contributed by atoms with Gasteiger partial charge in [-0.05, 0) is 36.6 Å². The molecule has 0 N–H and O–H groups in total. The van der Waals surface area contributed by atoms with Gasteiger partial charge in [-0.2, -0.15) is 0 Å². The van der Waals surface area contributed by atoms with Crippen LogP contribution in [0.15, 0.2) is 71.2 Å². The average Bonchev–Trinajstić information content (AvgIpc) is 2.85. The standard InChI is InChI=1S/C19H18O/c1-3-4-5-8-14(2)15-11-12-19-17(13-15)16-9-6-7-10-18(16)20-19/h3-14H,1-2H3/b4-3-,8-5-. The van der Waals surface area contributed by atoms with Crippen LogP contribution in [0.1, 0.15) is 25.3 Å². The SMILES string of the molecule is C/C=C\C=C/C(C)c1ccc2oc3ccccc3c2c1. The fourth-order valence-corrected chi connectivity index (χ4v) is 2.48. The molecule has 3 aromatic rings. The van der Waals surface area contributed by atoms with Gasteiger partial charge in [0.1, 0.15) is 11.2 Å². The Morgan fingerprint density at radius 1 is 0.950 bits per heavy atom. The first-order valence-electron chi connectivity index (χ1n) is 7.00. The molecule has 0 amide bonds. The van der Waals surface area contributed by atoms with Crippen LogP contribution in [0.4, 0.5) is 0 Å². The highest BCUT2D eigenvalue weighted by molar-refractivity contribution is 6.05. The predicted molar refractivity (Wildman–Crippen MR) is 86.1 cm³/mol. The molecule has 1 atom stereocenters. The van der Waals surface area contributed by atoms with Crippen molar-refractivity contribution in [2.45, 2.75) is 19.8 Å². The van der Waals surface area contributed by atoms with Gasteiger partial charge in [-0.15, -0.1) is 0 Å². The van der Waals surface area contributed by atoms with Gasteiger partial charge in [-0.25, -0.2) is 0 Å². The van der Waals surface area contributed by atoms with Gasteiger partial charge in [-0.1, -0.05) is 55.5 Å². The lowest BCUT2D eigenvalue weighted by Gasteiger charge is -2.06. The van der Waals surface area contributed by atoms with Crippen LogP contribution in [0.5, 0.6) is 0 Å². The first-order chi connectivity index (χ1) is 9.79. The molecule has 20 heavy (non-hydrogen) atoms. The highest BCUT2D eigenvalue weighted by Crippen LogP contribution is 2.31. The highest BCUT2D eigenvalue weighted by Gasteiger charge is 2.08. The molecule has 0 saturated carbocycles. The molecule has 0 spiro atoms. The molecule has 0 radical (unpaired) electrons. The second kappa shape index (κ2) is 5.38. The lowest BCUT2D eigenvalue weighted by molar-refractivity contribution is 0.668. The van der Waals surface area contributed by atoms with Crippen LogP contribution in [0.25, 0.3) is 21.9 Å². The summed E-state index contributed by atoms with van der Waals surface area (Å²) in [5, 5.41) is 2.39. The van der Waals surface area contributed by atoms with Crippen molar-refractivity contribution < 1.29 is 4.42 Å². The molecule has 0 aliphatic rings. The smallest absolute Gasteiger partial charge is 0.135 e. The molecule has 0 fully saturated rings. The molecule has 1 aromatic heterocycles. The maximum absolute atomic E-state index is 5.86. The number of para-hydroxylation sites is 1. The lowest BCUT2D eigenvalue weighted by Crippen LogP contribution is -1.87. The minimum atomic E-state index is 0.393. The minimum Gasteiger partial charge on any atom is -0.456 e. The molecule has 1 nitrogen and oxygen atoms in total. The van der Waals surface area contributed by atoms with E-state index in [0.29, 0.717) is 5.92 Å². The van der Waals surface area contributed by atoms with E-state index in [9.17, 15) is 0 Å². The molecule has 1 heterocycles. The van der Waals surface area contributed by atoms with Gasteiger partial charge in [0.15, 0.2) is 0 Å². The van der Waals surface area contributed by atoms with Crippen molar-refractivity contribution in [1.82, 2.24) is 0 Å². The summed E-state index contributed by atoms with van der Waals surface area (Å²) in [6, 6.07) is 14.7. The largest absolute Gasteiger partial charge is 0.456 e. The summed E-state index contributed by atoms with van der Waals surface area (Å²) >= 11 is 0. The zero-order valence-corrected chi connectivity index (χ0v) is 11.8. The summed E-state index contributed by atoms with van der Waals surface area (Å²) in [5.74, 6) is 0.393. The van der Waals surface area contributed by atoms with E-state index in [2.05, 4.69) is 55.5 Å².